The molecular formula is C10H12N4. The van der Waals surface area contributed by atoms with Crippen LogP contribution in [0.3, 0.4) is 0 Å². The molecule has 0 aromatic carbocycles. The molecule has 72 valence electrons. The molecule has 2 heterocycles. The number of nitrogens with zero attached hydrogens (tertiary/aromatic N) is 4. The van der Waals surface area contributed by atoms with Crippen LogP contribution in [0.25, 0.3) is 0 Å². The normalized spacial score (nSPS) is 20.9. The van der Waals surface area contributed by atoms with Crippen molar-refractivity contribution in [2.45, 2.75) is 25.8 Å². The van der Waals surface area contributed by atoms with Gasteiger partial charge in [-0.05, 0) is 19.8 Å². The summed E-state index contributed by atoms with van der Waals surface area (Å²) in [7, 11) is 0. The molecule has 1 aliphatic heterocycles. The van der Waals surface area contributed by atoms with E-state index in [2.05, 4.69) is 21.8 Å². The number of hydrogen-bond acceptors (Lipinski definition) is 4. The molecular weight excluding hydrogens is 176 g/mol. The van der Waals surface area contributed by atoms with Crippen LogP contribution in [0.15, 0.2) is 12.4 Å². The number of aromatic nitrogens is 2. The molecule has 0 amide bonds. The molecule has 0 N–H and O–H groups in total. The highest BCUT2D eigenvalue weighted by atomic mass is 15.2. The first-order valence-electron chi connectivity index (χ1n) is 4.80. The molecule has 1 aromatic heterocycles. The Morgan fingerprint density at radius 3 is 2.86 bits per heavy atom. The predicted octanol–water partition coefficient (Wildman–Crippen LogP) is 1.34. The van der Waals surface area contributed by atoms with Crippen LogP contribution >= 0.6 is 0 Å². The molecule has 0 saturated carbocycles. The van der Waals surface area contributed by atoms with Gasteiger partial charge in [0, 0.05) is 12.6 Å². The first-order chi connectivity index (χ1) is 6.81. The van der Waals surface area contributed by atoms with Crippen molar-refractivity contribution in [3.8, 4) is 6.07 Å². The van der Waals surface area contributed by atoms with E-state index in [9.17, 15) is 0 Å². The van der Waals surface area contributed by atoms with Crippen molar-refractivity contribution < 1.29 is 0 Å². The zero-order chi connectivity index (χ0) is 9.97. The number of nitriles is 1. The van der Waals surface area contributed by atoms with E-state index in [1.807, 2.05) is 6.07 Å². The van der Waals surface area contributed by atoms with E-state index in [0.717, 1.165) is 12.4 Å². The SMILES string of the molecule is C[C@H]1CCCN1c1cnc(C#N)cn1. The largest absolute Gasteiger partial charge is 0.353 e. The summed E-state index contributed by atoms with van der Waals surface area (Å²) in [6, 6.07) is 2.50. The average molecular weight is 188 g/mol. The van der Waals surface area contributed by atoms with E-state index in [0.29, 0.717) is 11.7 Å². The van der Waals surface area contributed by atoms with Gasteiger partial charge in [0.15, 0.2) is 5.69 Å². The monoisotopic (exact) mass is 188 g/mol. The molecule has 2 rings (SSSR count). The van der Waals surface area contributed by atoms with Gasteiger partial charge in [0.05, 0.1) is 12.4 Å². The van der Waals surface area contributed by atoms with Crippen molar-refractivity contribution in [2.24, 2.45) is 0 Å². The maximum atomic E-state index is 8.58. The van der Waals surface area contributed by atoms with Crippen molar-refractivity contribution in [1.82, 2.24) is 9.97 Å². The van der Waals surface area contributed by atoms with Crippen molar-refractivity contribution in [2.75, 3.05) is 11.4 Å². The van der Waals surface area contributed by atoms with E-state index in [4.69, 9.17) is 5.26 Å². The highest BCUT2D eigenvalue weighted by Gasteiger charge is 2.21. The first kappa shape index (κ1) is 8.95. The second-order valence-electron chi connectivity index (χ2n) is 3.56. The van der Waals surface area contributed by atoms with Crippen LogP contribution < -0.4 is 4.90 Å². The Morgan fingerprint density at radius 2 is 2.36 bits per heavy atom. The maximum Gasteiger partial charge on any atom is 0.158 e. The standard InChI is InChI=1S/C10H12N4/c1-8-3-2-4-14(8)10-7-12-9(5-11)6-13-10/h6-8H,2-4H2,1H3/t8-/m0/s1. The van der Waals surface area contributed by atoms with Crippen LogP contribution in [0.4, 0.5) is 5.82 Å². The van der Waals surface area contributed by atoms with E-state index in [-0.39, 0.29) is 0 Å². The third-order valence-electron chi connectivity index (χ3n) is 2.60. The van der Waals surface area contributed by atoms with Gasteiger partial charge >= 0.3 is 0 Å². The van der Waals surface area contributed by atoms with Crippen LogP contribution in [-0.2, 0) is 0 Å². The van der Waals surface area contributed by atoms with Gasteiger partial charge in [0.1, 0.15) is 11.9 Å². The van der Waals surface area contributed by atoms with E-state index in [1.54, 1.807) is 6.20 Å². The van der Waals surface area contributed by atoms with Crippen molar-refractivity contribution in [3.63, 3.8) is 0 Å². The highest BCUT2D eigenvalue weighted by molar-refractivity contribution is 5.39. The molecule has 14 heavy (non-hydrogen) atoms. The Hall–Kier alpha value is -1.63. The maximum absolute atomic E-state index is 8.58. The summed E-state index contributed by atoms with van der Waals surface area (Å²) in [4.78, 5) is 10.5. The lowest BCUT2D eigenvalue weighted by atomic mass is 10.2. The lowest BCUT2D eigenvalue weighted by Gasteiger charge is -2.21. The first-order valence-corrected chi connectivity index (χ1v) is 4.80. The summed E-state index contributed by atoms with van der Waals surface area (Å²) >= 11 is 0. The predicted molar refractivity (Wildman–Crippen MR) is 52.8 cm³/mol. The summed E-state index contributed by atoms with van der Waals surface area (Å²) < 4.78 is 0. The fraction of sp³-hybridized carbons (Fsp3) is 0.500. The number of rotatable bonds is 1. The van der Waals surface area contributed by atoms with Gasteiger partial charge in [0.25, 0.3) is 0 Å². The topological polar surface area (TPSA) is 52.8 Å². The third-order valence-corrected chi connectivity index (χ3v) is 2.60. The third kappa shape index (κ3) is 1.53. The molecule has 0 bridgehead atoms. The van der Waals surface area contributed by atoms with E-state index in [1.165, 1.54) is 19.0 Å². The summed E-state index contributed by atoms with van der Waals surface area (Å²) in [5, 5.41) is 8.58. The number of hydrogen-bond donors (Lipinski definition) is 0. The van der Waals surface area contributed by atoms with Gasteiger partial charge in [-0.1, -0.05) is 0 Å². The van der Waals surface area contributed by atoms with Crippen molar-refractivity contribution in [1.29, 1.82) is 5.26 Å². The van der Waals surface area contributed by atoms with E-state index < -0.39 is 0 Å². The quantitative estimate of drug-likeness (QED) is 0.667. The van der Waals surface area contributed by atoms with Gasteiger partial charge in [-0.3, -0.25) is 0 Å². The molecule has 4 nitrogen and oxygen atoms in total. The second kappa shape index (κ2) is 3.62. The molecule has 1 atom stereocenters. The minimum Gasteiger partial charge on any atom is -0.353 e. The Labute approximate surface area is 83.2 Å². The second-order valence-corrected chi connectivity index (χ2v) is 3.56. The fourth-order valence-corrected chi connectivity index (χ4v) is 1.80. The minimum atomic E-state index is 0.376. The van der Waals surface area contributed by atoms with Gasteiger partial charge in [-0.25, -0.2) is 9.97 Å². The summed E-state index contributed by atoms with van der Waals surface area (Å²) in [5.41, 5.74) is 0.376. The smallest absolute Gasteiger partial charge is 0.158 e. The molecule has 0 radical (unpaired) electrons. The van der Waals surface area contributed by atoms with Crippen LogP contribution in [0.5, 0.6) is 0 Å². The lowest BCUT2D eigenvalue weighted by Crippen LogP contribution is -2.27. The van der Waals surface area contributed by atoms with Crippen LogP contribution in [0.2, 0.25) is 0 Å². The summed E-state index contributed by atoms with van der Waals surface area (Å²) in [6.07, 6.45) is 5.63. The van der Waals surface area contributed by atoms with Crippen LogP contribution in [0, 0.1) is 11.3 Å². The molecule has 0 spiro atoms. The number of anilines is 1. The highest BCUT2D eigenvalue weighted by Crippen LogP contribution is 2.22. The lowest BCUT2D eigenvalue weighted by molar-refractivity contribution is 0.725. The molecule has 1 saturated heterocycles. The Bertz CT molecular complexity index is 351. The van der Waals surface area contributed by atoms with E-state index >= 15 is 0 Å². The van der Waals surface area contributed by atoms with Gasteiger partial charge < -0.3 is 4.90 Å². The van der Waals surface area contributed by atoms with Crippen LogP contribution in [0.1, 0.15) is 25.5 Å². The molecule has 0 unspecified atom stereocenters. The molecule has 0 aliphatic carbocycles. The van der Waals surface area contributed by atoms with Crippen molar-refractivity contribution >= 4 is 5.82 Å². The average Bonchev–Trinajstić information content (AvgIpc) is 2.65. The van der Waals surface area contributed by atoms with Gasteiger partial charge in [-0.15, -0.1) is 0 Å². The van der Waals surface area contributed by atoms with Crippen LogP contribution in [-0.4, -0.2) is 22.6 Å². The minimum absolute atomic E-state index is 0.376. The fourth-order valence-electron chi connectivity index (χ4n) is 1.80. The Balaban J connectivity index is 2.21. The molecule has 1 aliphatic rings. The van der Waals surface area contributed by atoms with Crippen molar-refractivity contribution in [3.05, 3.63) is 18.1 Å². The molecule has 1 fully saturated rings. The zero-order valence-corrected chi connectivity index (χ0v) is 8.14. The zero-order valence-electron chi connectivity index (χ0n) is 8.14. The van der Waals surface area contributed by atoms with Gasteiger partial charge in [-0.2, -0.15) is 5.26 Å². The summed E-state index contributed by atoms with van der Waals surface area (Å²) in [5.74, 6) is 0.883. The Kier molecular flexibility index (Phi) is 2.32. The van der Waals surface area contributed by atoms with Gasteiger partial charge in [0.2, 0.25) is 0 Å². The molecule has 1 aromatic rings. The molecule has 4 heteroatoms. The Morgan fingerprint density at radius 1 is 1.50 bits per heavy atom. The summed E-state index contributed by atoms with van der Waals surface area (Å²) in [6.45, 7) is 3.23.